The molecule has 0 saturated heterocycles. The third kappa shape index (κ3) is 4.77. The Kier molecular flexibility index (Phi) is 6.12. The molecule has 0 fully saturated rings. The molecule has 0 bridgehead atoms. The summed E-state index contributed by atoms with van der Waals surface area (Å²) >= 11 is 0. The summed E-state index contributed by atoms with van der Waals surface area (Å²) in [5, 5.41) is 3.59. The summed E-state index contributed by atoms with van der Waals surface area (Å²) in [4.78, 5) is 0. The number of ether oxygens (including phenoxy) is 1. The molecule has 1 aromatic rings. The highest BCUT2D eigenvalue weighted by molar-refractivity contribution is 5.14. The first kappa shape index (κ1) is 13.2. The van der Waals surface area contributed by atoms with Crippen molar-refractivity contribution < 1.29 is 4.74 Å². The quantitative estimate of drug-likeness (QED) is 0.764. The predicted octanol–water partition coefficient (Wildman–Crippen LogP) is 2.84. The summed E-state index contributed by atoms with van der Waals surface area (Å²) in [6.45, 7) is 6.26. The van der Waals surface area contributed by atoms with E-state index in [4.69, 9.17) is 4.74 Å². The predicted molar refractivity (Wildman–Crippen MR) is 68.4 cm³/mol. The third-order valence-electron chi connectivity index (χ3n) is 2.85. The van der Waals surface area contributed by atoms with Gasteiger partial charge in [0.2, 0.25) is 0 Å². The maximum atomic E-state index is 5.13. The Morgan fingerprint density at radius 3 is 2.44 bits per heavy atom. The van der Waals surface area contributed by atoms with Gasteiger partial charge in [-0.05, 0) is 17.9 Å². The first-order valence-corrected chi connectivity index (χ1v) is 6.00. The summed E-state index contributed by atoms with van der Waals surface area (Å²) in [5.41, 5.74) is 1.34. The largest absolute Gasteiger partial charge is 0.385 e. The zero-order valence-electron chi connectivity index (χ0n) is 10.6. The van der Waals surface area contributed by atoms with Gasteiger partial charge in [-0.15, -0.1) is 0 Å². The maximum Gasteiger partial charge on any atom is 0.0477 e. The van der Waals surface area contributed by atoms with E-state index in [0.717, 1.165) is 19.6 Å². The van der Waals surface area contributed by atoms with E-state index in [0.29, 0.717) is 12.0 Å². The Hall–Kier alpha value is -0.860. The van der Waals surface area contributed by atoms with E-state index in [1.807, 2.05) is 6.07 Å². The molecule has 1 aromatic carbocycles. The molecule has 0 radical (unpaired) electrons. The fourth-order valence-corrected chi connectivity index (χ4v) is 1.76. The molecule has 0 spiro atoms. The normalized spacial score (nSPS) is 13.0. The summed E-state index contributed by atoms with van der Waals surface area (Å²) in [6.07, 6.45) is 1.07. The Bertz CT molecular complexity index is 271. The zero-order chi connectivity index (χ0) is 11.8. The molecule has 0 heterocycles. The van der Waals surface area contributed by atoms with E-state index in [1.54, 1.807) is 7.11 Å². The molecule has 0 amide bonds. The van der Waals surface area contributed by atoms with Gasteiger partial charge in [0.25, 0.3) is 0 Å². The molecule has 2 nitrogen and oxygen atoms in total. The van der Waals surface area contributed by atoms with Crippen molar-refractivity contribution in [2.75, 3.05) is 13.7 Å². The Morgan fingerprint density at radius 2 is 1.88 bits per heavy atom. The molecule has 90 valence electrons. The smallest absolute Gasteiger partial charge is 0.0477 e. The average Bonchev–Trinajstić information content (AvgIpc) is 2.30. The van der Waals surface area contributed by atoms with Gasteiger partial charge in [0, 0.05) is 26.3 Å². The van der Waals surface area contributed by atoms with Crippen molar-refractivity contribution in [1.29, 1.82) is 0 Å². The van der Waals surface area contributed by atoms with Crippen LogP contribution in [0.2, 0.25) is 0 Å². The van der Waals surface area contributed by atoms with E-state index in [9.17, 15) is 0 Å². The van der Waals surface area contributed by atoms with Crippen LogP contribution in [0.1, 0.15) is 25.8 Å². The van der Waals surface area contributed by atoms with Crippen LogP contribution in [0.5, 0.6) is 0 Å². The zero-order valence-corrected chi connectivity index (χ0v) is 10.6. The van der Waals surface area contributed by atoms with Crippen molar-refractivity contribution >= 4 is 0 Å². The van der Waals surface area contributed by atoms with Crippen LogP contribution in [0, 0.1) is 5.92 Å². The van der Waals surface area contributed by atoms with Gasteiger partial charge in [-0.1, -0.05) is 44.2 Å². The topological polar surface area (TPSA) is 21.3 Å². The summed E-state index contributed by atoms with van der Waals surface area (Å²) in [5.74, 6) is 0.638. The van der Waals surface area contributed by atoms with Crippen LogP contribution in [-0.4, -0.2) is 19.8 Å². The second kappa shape index (κ2) is 7.42. The van der Waals surface area contributed by atoms with E-state index in [-0.39, 0.29) is 0 Å². The van der Waals surface area contributed by atoms with Crippen LogP contribution in [0.4, 0.5) is 0 Å². The van der Waals surface area contributed by atoms with Crippen LogP contribution >= 0.6 is 0 Å². The van der Waals surface area contributed by atoms with E-state index in [2.05, 4.69) is 43.4 Å². The van der Waals surface area contributed by atoms with Crippen molar-refractivity contribution in [3.8, 4) is 0 Å². The van der Waals surface area contributed by atoms with Crippen LogP contribution < -0.4 is 5.32 Å². The number of hydrogen-bond donors (Lipinski definition) is 1. The van der Waals surface area contributed by atoms with Gasteiger partial charge in [-0.25, -0.2) is 0 Å². The lowest BCUT2D eigenvalue weighted by Crippen LogP contribution is -2.34. The van der Waals surface area contributed by atoms with E-state index in [1.165, 1.54) is 5.56 Å². The molecular formula is C14H23NO. The number of nitrogens with one attached hydrogen (secondary N) is 1. The Balaban J connectivity index is 2.38. The van der Waals surface area contributed by atoms with Crippen LogP contribution in [0.25, 0.3) is 0 Å². The Morgan fingerprint density at radius 1 is 1.19 bits per heavy atom. The molecule has 1 N–H and O–H groups in total. The highest BCUT2D eigenvalue weighted by Gasteiger charge is 2.11. The number of methoxy groups -OCH3 is 1. The molecule has 16 heavy (non-hydrogen) atoms. The van der Waals surface area contributed by atoms with Gasteiger partial charge < -0.3 is 10.1 Å². The molecule has 0 aromatic heterocycles. The van der Waals surface area contributed by atoms with Crippen LogP contribution in [0.3, 0.4) is 0 Å². The lowest BCUT2D eigenvalue weighted by Gasteiger charge is -2.22. The highest BCUT2D eigenvalue weighted by atomic mass is 16.5. The molecule has 1 rings (SSSR count). The molecule has 0 aliphatic rings. The Labute approximate surface area is 99.0 Å². The van der Waals surface area contributed by atoms with Crippen molar-refractivity contribution in [3.63, 3.8) is 0 Å². The second-order valence-electron chi connectivity index (χ2n) is 4.50. The first-order chi connectivity index (χ1) is 7.74. The number of rotatable bonds is 7. The highest BCUT2D eigenvalue weighted by Crippen LogP contribution is 2.08. The van der Waals surface area contributed by atoms with Gasteiger partial charge in [-0.2, -0.15) is 0 Å². The van der Waals surface area contributed by atoms with Gasteiger partial charge in [0.05, 0.1) is 0 Å². The van der Waals surface area contributed by atoms with Gasteiger partial charge in [-0.3, -0.25) is 0 Å². The molecule has 1 unspecified atom stereocenters. The summed E-state index contributed by atoms with van der Waals surface area (Å²) in [6, 6.07) is 11.0. The average molecular weight is 221 g/mol. The second-order valence-corrected chi connectivity index (χ2v) is 4.50. The number of hydrogen-bond acceptors (Lipinski definition) is 2. The van der Waals surface area contributed by atoms with E-state index < -0.39 is 0 Å². The van der Waals surface area contributed by atoms with Gasteiger partial charge >= 0.3 is 0 Å². The molecule has 0 saturated carbocycles. The molecular weight excluding hydrogens is 198 g/mol. The minimum absolute atomic E-state index is 0.528. The summed E-state index contributed by atoms with van der Waals surface area (Å²) in [7, 11) is 1.76. The van der Waals surface area contributed by atoms with Gasteiger partial charge in [0.15, 0.2) is 0 Å². The standard InChI is InChI=1S/C14H23NO/c1-12(2)14(9-10-16-3)15-11-13-7-5-4-6-8-13/h4-8,12,14-15H,9-11H2,1-3H3. The maximum absolute atomic E-state index is 5.13. The monoisotopic (exact) mass is 221 g/mol. The third-order valence-corrected chi connectivity index (χ3v) is 2.85. The molecule has 0 aliphatic heterocycles. The molecule has 0 aliphatic carbocycles. The summed E-state index contributed by atoms with van der Waals surface area (Å²) < 4.78 is 5.13. The molecule has 1 atom stereocenters. The lowest BCUT2D eigenvalue weighted by molar-refractivity contribution is 0.173. The molecule has 2 heteroatoms. The minimum Gasteiger partial charge on any atom is -0.385 e. The SMILES string of the molecule is COCCC(NCc1ccccc1)C(C)C. The fraction of sp³-hybridized carbons (Fsp3) is 0.571. The van der Waals surface area contributed by atoms with Crippen molar-refractivity contribution in [1.82, 2.24) is 5.32 Å². The lowest BCUT2D eigenvalue weighted by atomic mass is 10.0. The minimum atomic E-state index is 0.528. The van der Waals surface area contributed by atoms with Crippen molar-refractivity contribution in [2.45, 2.75) is 32.9 Å². The van der Waals surface area contributed by atoms with Crippen molar-refractivity contribution in [3.05, 3.63) is 35.9 Å². The van der Waals surface area contributed by atoms with Crippen molar-refractivity contribution in [2.24, 2.45) is 5.92 Å². The van der Waals surface area contributed by atoms with Crippen LogP contribution in [-0.2, 0) is 11.3 Å². The van der Waals surface area contributed by atoms with Gasteiger partial charge in [0.1, 0.15) is 0 Å². The van der Waals surface area contributed by atoms with Crippen LogP contribution in [0.15, 0.2) is 30.3 Å². The van der Waals surface area contributed by atoms with E-state index >= 15 is 0 Å². The fourth-order valence-electron chi connectivity index (χ4n) is 1.76. The first-order valence-electron chi connectivity index (χ1n) is 6.00. The number of benzene rings is 1.